The van der Waals surface area contributed by atoms with Crippen LogP contribution in [0.15, 0.2) is 42.5 Å². The summed E-state index contributed by atoms with van der Waals surface area (Å²) in [5, 5.41) is 9.69. The zero-order valence-corrected chi connectivity index (χ0v) is 15.5. The first-order valence-electron chi connectivity index (χ1n) is 8.35. The van der Waals surface area contributed by atoms with E-state index in [4.69, 9.17) is 9.47 Å². The standard InChI is InChI=1S/C21H26O4/c1-14-12-17(24-5)10-11-18(14)19(20(22)23)13-15-6-8-16(9-7-15)25-21(2,3)4/h6-12,19H,13H2,1-5H3,(H,22,23). The van der Waals surface area contributed by atoms with Gasteiger partial charge in [0.2, 0.25) is 0 Å². The van der Waals surface area contributed by atoms with E-state index in [1.807, 2.05) is 64.1 Å². The van der Waals surface area contributed by atoms with Crippen LogP contribution in [0.25, 0.3) is 0 Å². The largest absolute Gasteiger partial charge is 0.497 e. The van der Waals surface area contributed by atoms with Crippen molar-refractivity contribution in [2.45, 2.75) is 45.6 Å². The van der Waals surface area contributed by atoms with Gasteiger partial charge in [0.1, 0.15) is 17.1 Å². The predicted molar refractivity (Wildman–Crippen MR) is 98.6 cm³/mol. The Morgan fingerprint density at radius 1 is 1.08 bits per heavy atom. The fourth-order valence-electron chi connectivity index (χ4n) is 2.78. The molecule has 25 heavy (non-hydrogen) atoms. The third-order valence-electron chi connectivity index (χ3n) is 3.94. The monoisotopic (exact) mass is 342 g/mol. The van der Waals surface area contributed by atoms with Crippen LogP contribution >= 0.6 is 0 Å². The van der Waals surface area contributed by atoms with Crippen LogP contribution in [0.5, 0.6) is 11.5 Å². The molecule has 4 nitrogen and oxygen atoms in total. The van der Waals surface area contributed by atoms with E-state index in [1.165, 1.54) is 0 Å². The van der Waals surface area contributed by atoms with Crippen LogP contribution in [-0.2, 0) is 11.2 Å². The van der Waals surface area contributed by atoms with Gasteiger partial charge in [-0.2, -0.15) is 0 Å². The van der Waals surface area contributed by atoms with Crippen LogP contribution in [0.2, 0.25) is 0 Å². The highest BCUT2D eigenvalue weighted by molar-refractivity contribution is 5.77. The number of rotatable bonds is 6. The Balaban J connectivity index is 2.21. The second kappa shape index (κ2) is 7.60. The summed E-state index contributed by atoms with van der Waals surface area (Å²) >= 11 is 0. The SMILES string of the molecule is COc1ccc(C(Cc2ccc(OC(C)(C)C)cc2)C(=O)O)c(C)c1. The summed E-state index contributed by atoms with van der Waals surface area (Å²) in [5.74, 6) is 0.0846. The van der Waals surface area contributed by atoms with Gasteiger partial charge in [-0.25, -0.2) is 0 Å². The molecule has 0 spiro atoms. The van der Waals surface area contributed by atoms with Gasteiger partial charge in [0.15, 0.2) is 0 Å². The van der Waals surface area contributed by atoms with E-state index in [2.05, 4.69) is 0 Å². The number of carboxylic acids is 1. The Kier molecular flexibility index (Phi) is 5.73. The molecule has 2 aromatic rings. The van der Waals surface area contributed by atoms with Gasteiger partial charge in [-0.3, -0.25) is 4.79 Å². The quantitative estimate of drug-likeness (QED) is 0.834. The average molecular weight is 342 g/mol. The zero-order chi connectivity index (χ0) is 18.6. The average Bonchev–Trinajstić information content (AvgIpc) is 2.53. The molecule has 1 N–H and O–H groups in total. The molecule has 0 radical (unpaired) electrons. The Hall–Kier alpha value is -2.49. The summed E-state index contributed by atoms with van der Waals surface area (Å²) in [4.78, 5) is 11.8. The van der Waals surface area contributed by atoms with Gasteiger partial charge in [0.05, 0.1) is 13.0 Å². The van der Waals surface area contributed by atoms with Gasteiger partial charge in [-0.15, -0.1) is 0 Å². The van der Waals surface area contributed by atoms with E-state index in [1.54, 1.807) is 13.2 Å². The Morgan fingerprint density at radius 2 is 1.68 bits per heavy atom. The smallest absolute Gasteiger partial charge is 0.311 e. The number of hydrogen-bond acceptors (Lipinski definition) is 3. The number of aryl methyl sites for hydroxylation is 1. The van der Waals surface area contributed by atoms with E-state index in [0.29, 0.717) is 6.42 Å². The van der Waals surface area contributed by atoms with Crippen molar-refractivity contribution in [1.82, 2.24) is 0 Å². The van der Waals surface area contributed by atoms with Crippen LogP contribution < -0.4 is 9.47 Å². The number of methoxy groups -OCH3 is 1. The number of carbonyl (C=O) groups is 1. The maximum absolute atomic E-state index is 11.8. The van der Waals surface area contributed by atoms with E-state index in [0.717, 1.165) is 28.2 Å². The lowest BCUT2D eigenvalue weighted by atomic mass is 9.89. The van der Waals surface area contributed by atoms with Crippen LogP contribution in [0.3, 0.4) is 0 Å². The van der Waals surface area contributed by atoms with E-state index in [-0.39, 0.29) is 5.60 Å². The van der Waals surface area contributed by atoms with Crippen molar-refractivity contribution in [3.05, 3.63) is 59.2 Å². The summed E-state index contributed by atoms with van der Waals surface area (Å²) in [6.07, 6.45) is 0.429. The molecule has 0 saturated heterocycles. The second-order valence-electron chi connectivity index (χ2n) is 7.18. The topological polar surface area (TPSA) is 55.8 Å². The minimum atomic E-state index is -0.830. The molecule has 0 aliphatic carbocycles. The second-order valence-corrected chi connectivity index (χ2v) is 7.18. The fourth-order valence-corrected chi connectivity index (χ4v) is 2.78. The first kappa shape index (κ1) is 18.8. The van der Waals surface area contributed by atoms with Gasteiger partial charge >= 0.3 is 5.97 Å². The molecule has 1 unspecified atom stereocenters. The predicted octanol–water partition coefficient (Wildman–Crippen LogP) is 4.59. The minimum Gasteiger partial charge on any atom is -0.497 e. The molecule has 2 rings (SSSR count). The normalized spacial score (nSPS) is 12.5. The van der Waals surface area contributed by atoms with Crippen molar-refractivity contribution < 1.29 is 19.4 Å². The first-order chi connectivity index (χ1) is 11.7. The molecule has 2 aromatic carbocycles. The van der Waals surface area contributed by atoms with E-state index < -0.39 is 11.9 Å². The lowest BCUT2D eigenvalue weighted by molar-refractivity contribution is -0.138. The molecule has 0 amide bonds. The van der Waals surface area contributed by atoms with E-state index in [9.17, 15) is 9.90 Å². The van der Waals surface area contributed by atoms with Crippen LogP contribution in [0, 0.1) is 6.92 Å². The van der Waals surface area contributed by atoms with Crippen molar-refractivity contribution >= 4 is 5.97 Å². The van der Waals surface area contributed by atoms with Gasteiger partial charge in [0.25, 0.3) is 0 Å². The van der Waals surface area contributed by atoms with Gasteiger partial charge < -0.3 is 14.6 Å². The molecule has 0 bridgehead atoms. The summed E-state index contributed by atoms with van der Waals surface area (Å²) in [7, 11) is 1.60. The van der Waals surface area contributed by atoms with Gasteiger partial charge in [0, 0.05) is 0 Å². The first-order valence-corrected chi connectivity index (χ1v) is 8.35. The lowest BCUT2D eigenvalue weighted by Gasteiger charge is -2.21. The number of hydrogen-bond donors (Lipinski definition) is 1. The zero-order valence-electron chi connectivity index (χ0n) is 15.5. The highest BCUT2D eigenvalue weighted by Gasteiger charge is 2.22. The highest BCUT2D eigenvalue weighted by atomic mass is 16.5. The number of benzene rings is 2. The van der Waals surface area contributed by atoms with Crippen molar-refractivity contribution in [2.24, 2.45) is 0 Å². The van der Waals surface area contributed by atoms with Crippen molar-refractivity contribution in [3.63, 3.8) is 0 Å². The van der Waals surface area contributed by atoms with E-state index >= 15 is 0 Å². The highest BCUT2D eigenvalue weighted by Crippen LogP contribution is 2.28. The van der Waals surface area contributed by atoms with Gasteiger partial charge in [-0.05, 0) is 75.1 Å². The summed E-state index contributed by atoms with van der Waals surface area (Å²) in [5.41, 5.74) is 2.43. The molecule has 0 aromatic heterocycles. The minimum absolute atomic E-state index is 0.259. The maximum Gasteiger partial charge on any atom is 0.311 e. The van der Waals surface area contributed by atoms with Gasteiger partial charge in [-0.1, -0.05) is 18.2 Å². The third-order valence-corrected chi connectivity index (χ3v) is 3.94. The third kappa shape index (κ3) is 5.24. The molecular weight excluding hydrogens is 316 g/mol. The molecule has 0 fully saturated rings. The number of ether oxygens (including phenoxy) is 2. The summed E-state index contributed by atoms with van der Waals surface area (Å²) in [6, 6.07) is 13.1. The Bertz CT molecular complexity index is 727. The van der Waals surface area contributed by atoms with Crippen LogP contribution in [-0.4, -0.2) is 23.8 Å². The van der Waals surface area contributed by atoms with Crippen molar-refractivity contribution in [1.29, 1.82) is 0 Å². The lowest BCUT2D eigenvalue weighted by Crippen LogP contribution is -2.22. The number of aliphatic carboxylic acids is 1. The summed E-state index contributed by atoms with van der Waals surface area (Å²) < 4.78 is 11.0. The summed E-state index contributed by atoms with van der Waals surface area (Å²) in [6.45, 7) is 7.89. The molecule has 0 aliphatic heterocycles. The Labute approximate surface area is 149 Å². The van der Waals surface area contributed by atoms with Crippen molar-refractivity contribution in [3.8, 4) is 11.5 Å². The van der Waals surface area contributed by atoms with Crippen LogP contribution in [0.4, 0.5) is 0 Å². The number of carboxylic acid groups (broad SMARTS) is 1. The fraction of sp³-hybridized carbons (Fsp3) is 0.381. The molecular formula is C21H26O4. The maximum atomic E-state index is 11.8. The molecule has 0 heterocycles. The molecule has 1 atom stereocenters. The molecule has 0 saturated carbocycles. The van der Waals surface area contributed by atoms with Crippen molar-refractivity contribution in [2.75, 3.05) is 7.11 Å². The van der Waals surface area contributed by atoms with Crippen LogP contribution in [0.1, 0.15) is 43.4 Å². The molecule has 134 valence electrons. The molecule has 4 heteroatoms. The molecule has 0 aliphatic rings. The Morgan fingerprint density at radius 3 is 2.16 bits per heavy atom.